The van der Waals surface area contributed by atoms with Crippen molar-refractivity contribution in [2.45, 2.75) is 12.5 Å². The van der Waals surface area contributed by atoms with Gasteiger partial charge in [0.15, 0.2) is 0 Å². The van der Waals surface area contributed by atoms with Crippen LogP contribution >= 0.6 is 0 Å². The topological polar surface area (TPSA) is 70.2 Å². The summed E-state index contributed by atoms with van der Waals surface area (Å²) in [5, 5.41) is 2.99. The molecule has 1 unspecified atom stereocenters. The van der Waals surface area contributed by atoms with Gasteiger partial charge in [-0.2, -0.15) is 0 Å². The SMILES string of the molecule is O=C(Nc1ccc2nc[nH]c2c1)C1CN(C2CCOC2)C1. The first kappa shape index (κ1) is 12.8. The molecule has 0 saturated carbocycles. The molecule has 2 N–H and O–H groups in total. The molecule has 0 spiro atoms. The third-order valence-corrected chi connectivity index (χ3v) is 4.39. The predicted molar refractivity (Wildman–Crippen MR) is 79.0 cm³/mol. The van der Waals surface area contributed by atoms with Crippen molar-refractivity contribution in [3.8, 4) is 0 Å². The van der Waals surface area contributed by atoms with Crippen LogP contribution in [0.4, 0.5) is 5.69 Å². The number of H-pyrrole nitrogens is 1. The lowest BCUT2D eigenvalue weighted by Gasteiger charge is -2.41. The van der Waals surface area contributed by atoms with Gasteiger partial charge in [0, 0.05) is 31.4 Å². The fourth-order valence-electron chi connectivity index (χ4n) is 3.04. The van der Waals surface area contributed by atoms with Gasteiger partial charge in [-0.1, -0.05) is 0 Å². The number of imidazole rings is 1. The van der Waals surface area contributed by atoms with E-state index in [0.29, 0.717) is 6.04 Å². The number of aromatic nitrogens is 2. The lowest BCUT2D eigenvalue weighted by Crippen LogP contribution is -2.56. The standard InChI is InChI=1S/C15H18N4O2/c20-15(10-6-19(7-10)12-3-4-21-8-12)18-11-1-2-13-14(5-11)17-9-16-13/h1-2,5,9-10,12H,3-4,6-8H2,(H,16,17)(H,18,20). The summed E-state index contributed by atoms with van der Waals surface area (Å²) in [6.45, 7) is 3.34. The van der Waals surface area contributed by atoms with E-state index in [1.54, 1.807) is 6.33 Å². The number of likely N-dealkylation sites (tertiary alicyclic amines) is 1. The molecule has 2 aliphatic heterocycles. The minimum atomic E-state index is 0.0862. The van der Waals surface area contributed by atoms with E-state index in [2.05, 4.69) is 20.2 Å². The third-order valence-electron chi connectivity index (χ3n) is 4.39. The van der Waals surface area contributed by atoms with Crippen molar-refractivity contribution in [1.29, 1.82) is 0 Å². The molecule has 1 atom stereocenters. The molecule has 3 heterocycles. The van der Waals surface area contributed by atoms with Crippen LogP contribution in [0.1, 0.15) is 6.42 Å². The van der Waals surface area contributed by atoms with Crippen molar-refractivity contribution in [1.82, 2.24) is 14.9 Å². The van der Waals surface area contributed by atoms with Gasteiger partial charge in [-0.3, -0.25) is 9.69 Å². The lowest BCUT2D eigenvalue weighted by molar-refractivity contribution is -0.126. The normalized spacial score (nSPS) is 23.3. The Bertz CT molecular complexity index is 656. The summed E-state index contributed by atoms with van der Waals surface area (Å²) in [5.74, 6) is 0.187. The fourth-order valence-corrected chi connectivity index (χ4v) is 3.04. The zero-order valence-electron chi connectivity index (χ0n) is 11.7. The first-order valence-electron chi connectivity index (χ1n) is 7.35. The van der Waals surface area contributed by atoms with E-state index in [1.165, 1.54) is 0 Å². The Morgan fingerprint density at radius 2 is 2.33 bits per heavy atom. The number of nitrogens with zero attached hydrogens (tertiary/aromatic N) is 2. The highest BCUT2D eigenvalue weighted by atomic mass is 16.5. The van der Waals surface area contributed by atoms with Gasteiger partial charge in [0.05, 0.1) is 29.9 Å². The second kappa shape index (κ2) is 5.13. The molecule has 1 aromatic heterocycles. The molecular formula is C15H18N4O2. The Labute approximate surface area is 122 Å². The van der Waals surface area contributed by atoms with Crippen LogP contribution < -0.4 is 5.32 Å². The van der Waals surface area contributed by atoms with Gasteiger partial charge in [0.2, 0.25) is 5.91 Å². The van der Waals surface area contributed by atoms with E-state index < -0.39 is 0 Å². The average molecular weight is 286 g/mol. The number of aromatic amines is 1. The summed E-state index contributed by atoms with van der Waals surface area (Å²) in [5.41, 5.74) is 2.66. The Hall–Kier alpha value is -1.92. The quantitative estimate of drug-likeness (QED) is 0.890. The van der Waals surface area contributed by atoms with Crippen LogP contribution in [-0.4, -0.2) is 53.1 Å². The molecule has 1 amide bonds. The maximum Gasteiger partial charge on any atom is 0.230 e. The smallest absolute Gasteiger partial charge is 0.230 e. The van der Waals surface area contributed by atoms with Crippen molar-refractivity contribution in [3.63, 3.8) is 0 Å². The first-order chi connectivity index (χ1) is 10.3. The molecule has 2 aromatic rings. The molecule has 2 aliphatic rings. The van der Waals surface area contributed by atoms with Crippen molar-refractivity contribution in [2.75, 3.05) is 31.6 Å². The third kappa shape index (κ3) is 2.41. The van der Waals surface area contributed by atoms with Gasteiger partial charge >= 0.3 is 0 Å². The predicted octanol–water partition coefficient (Wildman–Crippen LogP) is 1.22. The molecule has 0 radical (unpaired) electrons. The summed E-state index contributed by atoms with van der Waals surface area (Å²) in [6.07, 6.45) is 2.74. The molecule has 0 aliphatic carbocycles. The highest BCUT2D eigenvalue weighted by molar-refractivity contribution is 5.95. The average Bonchev–Trinajstić information content (AvgIpc) is 3.06. The second-order valence-corrected chi connectivity index (χ2v) is 5.79. The molecule has 1 aromatic carbocycles. The van der Waals surface area contributed by atoms with E-state index in [-0.39, 0.29) is 11.8 Å². The number of ether oxygens (including phenoxy) is 1. The van der Waals surface area contributed by atoms with E-state index in [9.17, 15) is 4.79 Å². The Kier molecular flexibility index (Phi) is 3.12. The molecule has 6 nitrogen and oxygen atoms in total. The van der Waals surface area contributed by atoms with Gasteiger partial charge in [0.25, 0.3) is 0 Å². The largest absolute Gasteiger partial charge is 0.380 e. The number of hydrogen-bond acceptors (Lipinski definition) is 4. The minimum absolute atomic E-state index is 0.0862. The molecular weight excluding hydrogens is 268 g/mol. The number of fused-ring (bicyclic) bond motifs is 1. The number of hydrogen-bond donors (Lipinski definition) is 2. The van der Waals surface area contributed by atoms with Crippen LogP contribution in [0.3, 0.4) is 0 Å². The van der Waals surface area contributed by atoms with E-state index >= 15 is 0 Å². The summed E-state index contributed by atoms with van der Waals surface area (Å²) >= 11 is 0. The second-order valence-electron chi connectivity index (χ2n) is 5.79. The molecule has 4 rings (SSSR count). The maximum absolute atomic E-state index is 12.2. The molecule has 6 heteroatoms. The molecule has 2 saturated heterocycles. The zero-order chi connectivity index (χ0) is 14.2. The van der Waals surface area contributed by atoms with Gasteiger partial charge < -0.3 is 15.0 Å². The van der Waals surface area contributed by atoms with E-state index in [0.717, 1.165) is 49.4 Å². The number of benzene rings is 1. The number of carbonyl (C=O) groups is 1. The molecule has 110 valence electrons. The Morgan fingerprint density at radius 1 is 1.43 bits per heavy atom. The van der Waals surface area contributed by atoms with Crippen LogP contribution in [0.15, 0.2) is 24.5 Å². The first-order valence-corrected chi connectivity index (χ1v) is 7.35. The number of rotatable bonds is 3. The van der Waals surface area contributed by atoms with Crippen LogP contribution in [-0.2, 0) is 9.53 Å². The van der Waals surface area contributed by atoms with Crippen LogP contribution in [0.25, 0.3) is 11.0 Å². The lowest BCUT2D eigenvalue weighted by atomic mass is 9.96. The van der Waals surface area contributed by atoms with E-state index in [1.807, 2.05) is 18.2 Å². The number of anilines is 1. The van der Waals surface area contributed by atoms with Crippen LogP contribution in [0.2, 0.25) is 0 Å². The fraction of sp³-hybridized carbons (Fsp3) is 0.467. The maximum atomic E-state index is 12.2. The van der Waals surface area contributed by atoms with E-state index in [4.69, 9.17) is 4.74 Å². The number of carbonyl (C=O) groups excluding carboxylic acids is 1. The molecule has 21 heavy (non-hydrogen) atoms. The molecule has 2 fully saturated rings. The minimum Gasteiger partial charge on any atom is -0.380 e. The monoisotopic (exact) mass is 286 g/mol. The van der Waals surface area contributed by atoms with Crippen molar-refractivity contribution >= 4 is 22.6 Å². The zero-order valence-corrected chi connectivity index (χ0v) is 11.7. The van der Waals surface area contributed by atoms with Crippen LogP contribution in [0.5, 0.6) is 0 Å². The number of amides is 1. The van der Waals surface area contributed by atoms with Crippen molar-refractivity contribution < 1.29 is 9.53 Å². The summed E-state index contributed by atoms with van der Waals surface area (Å²) in [7, 11) is 0. The highest BCUT2D eigenvalue weighted by Crippen LogP contribution is 2.25. The molecule has 0 bridgehead atoms. The highest BCUT2D eigenvalue weighted by Gasteiger charge is 2.37. The Balaban J connectivity index is 1.35. The van der Waals surface area contributed by atoms with Crippen molar-refractivity contribution in [3.05, 3.63) is 24.5 Å². The Morgan fingerprint density at radius 3 is 3.14 bits per heavy atom. The summed E-state index contributed by atoms with van der Waals surface area (Å²) in [6, 6.07) is 6.23. The van der Waals surface area contributed by atoms with Gasteiger partial charge in [-0.15, -0.1) is 0 Å². The van der Waals surface area contributed by atoms with Crippen molar-refractivity contribution in [2.24, 2.45) is 5.92 Å². The summed E-state index contributed by atoms with van der Waals surface area (Å²) < 4.78 is 5.39. The van der Waals surface area contributed by atoms with Gasteiger partial charge in [-0.05, 0) is 24.6 Å². The summed E-state index contributed by atoms with van der Waals surface area (Å²) in [4.78, 5) is 21.8. The number of nitrogens with one attached hydrogen (secondary N) is 2. The van der Waals surface area contributed by atoms with Gasteiger partial charge in [-0.25, -0.2) is 4.98 Å². The van der Waals surface area contributed by atoms with Gasteiger partial charge in [0.1, 0.15) is 0 Å². The van der Waals surface area contributed by atoms with Crippen LogP contribution in [0, 0.1) is 5.92 Å².